The number of ether oxygens (including phenoxy) is 2. The Bertz CT molecular complexity index is 1410. The van der Waals surface area contributed by atoms with Gasteiger partial charge in [-0.15, -0.1) is 0 Å². The molecule has 3 aromatic rings. The zero-order valence-corrected chi connectivity index (χ0v) is 25.1. The number of piperidine rings is 1. The molecule has 2 fully saturated rings. The molecule has 0 spiro atoms. The molecule has 2 N–H and O–H groups in total. The molecule has 0 unspecified atom stereocenters. The summed E-state index contributed by atoms with van der Waals surface area (Å²) >= 11 is 0. The topological polar surface area (TPSA) is 109 Å². The van der Waals surface area contributed by atoms with E-state index in [-0.39, 0.29) is 36.3 Å². The molecule has 0 atom stereocenters. The van der Waals surface area contributed by atoms with Gasteiger partial charge in [0.25, 0.3) is 0 Å². The fraction of sp³-hybridized carbons (Fsp3) is 0.389. The molecule has 230 valence electrons. The van der Waals surface area contributed by atoms with Crippen LogP contribution in [-0.2, 0) is 32.1 Å². The van der Waals surface area contributed by atoms with E-state index in [1.165, 1.54) is 12.8 Å². The van der Waals surface area contributed by atoms with Gasteiger partial charge in [-0.3, -0.25) is 20.3 Å². The predicted molar refractivity (Wildman–Crippen MR) is 169 cm³/mol. The van der Waals surface area contributed by atoms with Crippen molar-refractivity contribution in [3.63, 3.8) is 0 Å². The maximum absolute atomic E-state index is 13.0. The van der Waals surface area contributed by atoms with E-state index < -0.39 is 6.09 Å². The van der Waals surface area contributed by atoms with Crippen LogP contribution in [0.3, 0.4) is 0 Å². The number of alkyl carbamates (subject to hydrolysis) is 1. The van der Waals surface area contributed by atoms with E-state index in [0.717, 1.165) is 47.9 Å². The second-order valence-corrected chi connectivity index (χ2v) is 11.7. The van der Waals surface area contributed by atoms with Crippen LogP contribution in [0.5, 0.6) is 0 Å². The third-order valence-corrected chi connectivity index (χ3v) is 8.52. The number of benzene rings is 3. The first kappa shape index (κ1) is 31.0. The molecule has 0 bridgehead atoms. The minimum Gasteiger partial charge on any atom is -0.462 e. The highest BCUT2D eigenvalue weighted by Gasteiger charge is 2.30. The normalized spacial score (nSPS) is 16.0. The smallest absolute Gasteiger partial charge is 0.413 e. The summed E-state index contributed by atoms with van der Waals surface area (Å²) in [5.41, 5.74) is 4.32. The molecular weight excluding hydrogens is 554 g/mol. The quantitative estimate of drug-likeness (QED) is 0.131. The number of hydrogen-bond acceptors (Lipinski definition) is 6. The van der Waals surface area contributed by atoms with Gasteiger partial charge >= 0.3 is 12.1 Å². The maximum atomic E-state index is 13.0. The van der Waals surface area contributed by atoms with Gasteiger partial charge in [-0.2, -0.15) is 0 Å². The first-order valence-corrected chi connectivity index (χ1v) is 15.7. The number of esters is 1. The van der Waals surface area contributed by atoms with Crippen LogP contribution in [0.25, 0.3) is 11.1 Å². The molecule has 5 rings (SSSR count). The number of nitrogens with one attached hydrogen (secondary N) is 2. The molecule has 1 saturated carbocycles. The van der Waals surface area contributed by atoms with Crippen LogP contribution in [-0.4, -0.2) is 47.9 Å². The summed E-state index contributed by atoms with van der Waals surface area (Å²) in [4.78, 5) is 39.7. The van der Waals surface area contributed by atoms with Crippen LogP contribution in [0.4, 0.5) is 4.79 Å². The van der Waals surface area contributed by atoms with Gasteiger partial charge in [0.15, 0.2) is 0 Å². The molecule has 1 saturated heterocycles. The van der Waals surface area contributed by atoms with E-state index in [1.54, 1.807) is 12.1 Å². The average molecular weight is 596 g/mol. The van der Waals surface area contributed by atoms with Crippen LogP contribution < -0.4 is 5.32 Å². The lowest BCUT2D eigenvalue weighted by molar-refractivity contribution is -0.157. The fourth-order valence-corrected chi connectivity index (χ4v) is 5.85. The van der Waals surface area contributed by atoms with Crippen molar-refractivity contribution in [2.45, 2.75) is 70.5 Å². The Kier molecular flexibility index (Phi) is 10.8. The van der Waals surface area contributed by atoms with Crippen LogP contribution in [0.15, 0.2) is 78.9 Å². The van der Waals surface area contributed by atoms with Crippen LogP contribution >= 0.6 is 0 Å². The number of carbonyl (C=O) groups is 3. The summed E-state index contributed by atoms with van der Waals surface area (Å²) in [6.07, 6.45) is 7.71. The summed E-state index contributed by atoms with van der Waals surface area (Å²) < 4.78 is 11.0. The van der Waals surface area contributed by atoms with E-state index in [4.69, 9.17) is 14.9 Å². The lowest BCUT2D eigenvalue weighted by atomic mass is 9.96. The maximum Gasteiger partial charge on any atom is 0.413 e. The highest BCUT2D eigenvalue weighted by Crippen LogP contribution is 2.25. The van der Waals surface area contributed by atoms with Crippen LogP contribution in [0.1, 0.15) is 68.1 Å². The van der Waals surface area contributed by atoms with Gasteiger partial charge in [0, 0.05) is 18.7 Å². The molecule has 1 aliphatic heterocycles. The summed E-state index contributed by atoms with van der Waals surface area (Å²) in [6.45, 7) is 1.31. The van der Waals surface area contributed by atoms with Crippen molar-refractivity contribution in [2.75, 3.05) is 13.1 Å². The Balaban J connectivity index is 1.05. The molecule has 1 heterocycles. The number of amidine groups is 1. The minimum absolute atomic E-state index is 0.0379. The van der Waals surface area contributed by atoms with Gasteiger partial charge in [-0.05, 0) is 60.8 Å². The number of likely N-dealkylation sites (tertiary alicyclic amines) is 1. The van der Waals surface area contributed by atoms with E-state index in [1.807, 2.05) is 71.6 Å². The van der Waals surface area contributed by atoms with E-state index >= 15 is 0 Å². The van der Waals surface area contributed by atoms with Crippen molar-refractivity contribution >= 4 is 23.8 Å². The van der Waals surface area contributed by atoms with Crippen molar-refractivity contribution in [2.24, 2.45) is 5.92 Å². The Hall–Kier alpha value is -4.46. The van der Waals surface area contributed by atoms with Gasteiger partial charge in [0.05, 0.1) is 12.3 Å². The lowest BCUT2D eigenvalue weighted by Gasteiger charge is -2.31. The highest BCUT2D eigenvalue weighted by molar-refractivity contribution is 6.04. The van der Waals surface area contributed by atoms with Crippen molar-refractivity contribution in [3.8, 4) is 11.1 Å². The van der Waals surface area contributed by atoms with E-state index in [0.29, 0.717) is 37.9 Å². The molecule has 8 nitrogen and oxygen atoms in total. The third-order valence-electron chi connectivity index (χ3n) is 8.52. The molecule has 44 heavy (non-hydrogen) atoms. The molecular formula is C36H41N3O5. The summed E-state index contributed by atoms with van der Waals surface area (Å²) in [6, 6.07) is 24.6. The minimum atomic E-state index is -0.676. The van der Waals surface area contributed by atoms with Crippen molar-refractivity contribution in [1.82, 2.24) is 10.2 Å². The van der Waals surface area contributed by atoms with Crippen molar-refractivity contribution < 1.29 is 23.9 Å². The first-order valence-electron chi connectivity index (χ1n) is 15.7. The standard InChI is InChI=1S/C36H41N3O5/c37-34(38-36(42)43-25-27-8-4-3-5-9-27)30-18-16-29(17-19-30)28-14-12-26(13-15-28)24-33(40)39-22-20-31(21-23-39)35(41)44-32-10-6-1-2-7-11-32/h3-5,8-9,12-19,31-32H,1-2,6-7,10-11,20-25H2,(H2,37,38,42). The molecule has 8 heteroatoms. The SMILES string of the molecule is N=C(NC(=O)OCc1ccccc1)c1ccc(-c2ccc(CC(=O)N3CCC(C(=O)OC4CCCCCC4)CC3)cc2)cc1. The van der Waals surface area contributed by atoms with E-state index in [2.05, 4.69) is 5.32 Å². The number of hydrogen-bond donors (Lipinski definition) is 2. The average Bonchev–Trinajstić information content (AvgIpc) is 3.33. The van der Waals surface area contributed by atoms with Gasteiger partial charge in [0.1, 0.15) is 18.5 Å². The third kappa shape index (κ3) is 8.78. The fourth-order valence-electron chi connectivity index (χ4n) is 5.85. The number of nitrogens with zero attached hydrogens (tertiary/aromatic N) is 1. The summed E-state index contributed by atoms with van der Waals surface area (Å²) in [7, 11) is 0. The molecule has 1 aliphatic carbocycles. The zero-order valence-electron chi connectivity index (χ0n) is 25.1. The molecule has 0 radical (unpaired) electrons. The number of rotatable bonds is 8. The second-order valence-electron chi connectivity index (χ2n) is 11.7. The molecule has 0 aromatic heterocycles. The largest absolute Gasteiger partial charge is 0.462 e. The first-order chi connectivity index (χ1) is 21.4. The van der Waals surface area contributed by atoms with Gasteiger partial charge in [0.2, 0.25) is 5.91 Å². The zero-order chi connectivity index (χ0) is 30.7. The number of amides is 2. The molecule has 2 amide bonds. The summed E-state index contributed by atoms with van der Waals surface area (Å²) in [5.74, 6) is -0.155. The predicted octanol–water partition coefficient (Wildman–Crippen LogP) is 6.65. The van der Waals surface area contributed by atoms with Gasteiger partial charge in [-0.1, -0.05) is 91.7 Å². The molecule has 2 aliphatic rings. The monoisotopic (exact) mass is 595 g/mol. The Morgan fingerprint density at radius 2 is 1.36 bits per heavy atom. The van der Waals surface area contributed by atoms with E-state index in [9.17, 15) is 14.4 Å². The van der Waals surface area contributed by atoms with Gasteiger partial charge < -0.3 is 14.4 Å². The lowest BCUT2D eigenvalue weighted by Crippen LogP contribution is -2.41. The Labute approximate surface area is 259 Å². The van der Waals surface area contributed by atoms with Crippen molar-refractivity contribution in [3.05, 3.63) is 95.6 Å². The van der Waals surface area contributed by atoms with Crippen LogP contribution in [0, 0.1) is 11.3 Å². The Morgan fingerprint density at radius 1 is 0.750 bits per heavy atom. The Morgan fingerprint density at radius 3 is 2.00 bits per heavy atom. The number of carbonyl (C=O) groups excluding carboxylic acids is 3. The molecule has 3 aromatic carbocycles. The van der Waals surface area contributed by atoms with Crippen LogP contribution in [0.2, 0.25) is 0 Å². The van der Waals surface area contributed by atoms with Crippen molar-refractivity contribution in [1.29, 1.82) is 5.41 Å². The summed E-state index contributed by atoms with van der Waals surface area (Å²) in [5, 5.41) is 10.7. The second kappa shape index (κ2) is 15.3. The highest BCUT2D eigenvalue weighted by atomic mass is 16.5. The van der Waals surface area contributed by atoms with Gasteiger partial charge in [-0.25, -0.2) is 4.79 Å².